The minimum absolute atomic E-state index is 0.0356. The average Bonchev–Trinajstić information content (AvgIpc) is 3.41. The molecule has 0 aliphatic carbocycles. The molecule has 11 nitrogen and oxygen atoms in total. The van der Waals surface area contributed by atoms with Crippen molar-refractivity contribution in [3.63, 3.8) is 0 Å². The first-order chi connectivity index (χ1) is 14.3. The molecule has 0 spiro atoms. The number of carbonyl (C=O) groups excluding carboxylic acids is 3. The third-order valence-electron chi connectivity index (χ3n) is 4.82. The minimum Gasteiger partial charge on any atom is -0.480 e. The zero-order valence-corrected chi connectivity index (χ0v) is 17.6. The first-order valence-corrected chi connectivity index (χ1v) is 11.0. The van der Waals surface area contributed by atoms with Crippen molar-refractivity contribution in [1.82, 2.24) is 25.5 Å². The van der Waals surface area contributed by atoms with E-state index in [0.29, 0.717) is 31.5 Å². The highest BCUT2D eigenvalue weighted by molar-refractivity contribution is 7.98. The molecule has 3 amide bonds. The minimum atomic E-state index is -1.20. The van der Waals surface area contributed by atoms with Crippen LogP contribution in [-0.2, 0) is 25.6 Å². The summed E-state index contributed by atoms with van der Waals surface area (Å²) >= 11 is 1.59. The van der Waals surface area contributed by atoms with E-state index >= 15 is 0 Å². The molecule has 3 unspecified atom stereocenters. The lowest BCUT2D eigenvalue weighted by molar-refractivity contribution is -0.142. The summed E-state index contributed by atoms with van der Waals surface area (Å²) in [6, 6.07) is -2.49. The monoisotopic (exact) mass is 440 g/mol. The molecule has 12 heteroatoms. The SMILES string of the molecule is CSCCC(N)C(=O)N1CCCC1C(=O)NCC(=O)NC(Cc1cnc[nH]1)C(=O)O. The van der Waals surface area contributed by atoms with Crippen molar-refractivity contribution in [3.8, 4) is 0 Å². The number of aromatic amines is 1. The number of hydrogen-bond acceptors (Lipinski definition) is 7. The van der Waals surface area contributed by atoms with E-state index in [0.717, 1.165) is 5.75 Å². The summed E-state index contributed by atoms with van der Waals surface area (Å²) in [6.45, 7) is 0.0595. The van der Waals surface area contributed by atoms with Crippen LogP contribution in [-0.4, -0.2) is 86.9 Å². The number of aromatic nitrogens is 2. The Bertz CT molecular complexity index is 743. The smallest absolute Gasteiger partial charge is 0.326 e. The van der Waals surface area contributed by atoms with E-state index in [4.69, 9.17) is 5.73 Å². The molecule has 166 valence electrons. The average molecular weight is 441 g/mol. The Labute approximate surface area is 178 Å². The lowest BCUT2D eigenvalue weighted by atomic mass is 10.1. The van der Waals surface area contributed by atoms with Crippen molar-refractivity contribution in [2.75, 3.05) is 25.1 Å². The zero-order chi connectivity index (χ0) is 22.1. The predicted octanol–water partition coefficient (Wildman–Crippen LogP) is -1.29. The van der Waals surface area contributed by atoms with E-state index in [1.54, 1.807) is 11.8 Å². The number of likely N-dealkylation sites (tertiary alicyclic amines) is 1. The lowest BCUT2D eigenvalue weighted by Crippen LogP contribution is -2.53. The number of carbonyl (C=O) groups is 4. The molecule has 1 saturated heterocycles. The summed E-state index contributed by atoms with van der Waals surface area (Å²) in [5, 5.41) is 14.2. The molecule has 1 aliphatic heterocycles. The van der Waals surface area contributed by atoms with Gasteiger partial charge in [-0.3, -0.25) is 14.4 Å². The molecule has 1 aromatic rings. The van der Waals surface area contributed by atoms with E-state index in [1.807, 2.05) is 6.26 Å². The molecule has 0 saturated carbocycles. The van der Waals surface area contributed by atoms with E-state index < -0.39 is 35.9 Å². The number of carboxylic acids is 1. The summed E-state index contributed by atoms with van der Waals surface area (Å²) in [6.07, 6.45) is 6.55. The molecular weight excluding hydrogens is 412 g/mol. The Balaban J connectivity index is 1.85. The predicted molar refractivity (Wildman–Crippen MR) is 111 cm³/mol. The summed E-state index contributed by atoms with van der Waals surface area (Å²) in [5.41, 5.74) is 6.50. The van der Waals surface area contributed by atoms with Gasteiger partial charge in [-0.2, -0.15) is 11.8 Å². The molecule has 0 radical (unpaired) electrons. The van der Waals surface area contributed by atoms with Gasteiger partial charge < -0.3 is 31.4 Å². The third-order valence-corrected chi connectivity index (χ3v) is 5.47. The maximum atomic E-state index is 12.5. The van der Waals surface area contributed by atoms with Crippen molar-refractivity contribution >= 4 is 35.5 Å². The van der Waals surface area contributed by atoms with Crippen LogP contribution in [0.2, 0.25) is 0 Å². The molecule has 2 rings (SSSR count). The van der Waals surface area contributed by atoms with Crippen LogP contribution in [0.25, 0.3) is 0 Å². The number of nitrogens with one attached hydrogen (secondary N) is 3. The van der Waals surface area contributed by atoms with Crippen LogP contribution < -0.4 is 16.4 Å². The highest BCUT2D eigenvalue weighted by Crippen LogP contribution is 2.19. The lowest BCUT2D eigenvalue weighted by Gasteiger charge is -2.26. The normalized spacial score (nSPS) is 17.9. The number of rotatable bonds is 11. The summed E-state index contributed by atoms with van der Waals surface area (Å²) < 4.78 is 0. The number of H-pyrrole nitrogens is 1. The second kappa shape index (κ2) is 11.6. The number of aliphatic carboxylic acids is 1. The first kappa shape index (κ1) is 23.7. The molecule has 0 bridgehead atoms. The van der Waals surface area contributed by atoms with Gasteiger partial charge in [-0.05, 0) is 31.3 Å². The van der Waals surface area contributed by atoms with Crippen molar-refractivity contribution in [1.29, 1.82) is 0 Å². The van der Waals surface area contributed by atoms with Crippen molar-refractivity contribution in [2.24, 2.45) is 5.73 Å². The number of thioether (sulfide) groups is 1. The topological polar surface area (TPSA) is 171 Å². The van der Waals surface area contributed by atoms with Gasteiger partial charge in [-0.1, -0.05) is 0 Å². The Morgan fingerprint density at radius 3 is 2.83 bits per heavy atom. The summed E-state index contributed by atoms with van der Waals surface area (Å²) in [7, 11) is 0. The Morgan fingerprint density at radius 2 is 2.20 bits per heavy atom. The van der Waals surface area contributed by atoms with Crippen molar-refractivity contribution in [3.05, 3.63) is 18.2 Å². The van der Waals surface area contributed by atoms with E-state index in [9.17, 15) is 24.3 Å². The van der Waals surface area contributed by atoms with Crippen molar-refractivity contribution < 1.29 is 24.3 Å². The number of amides is 3. The van der Waals surface area contributed by atoms with Gasteiger partial charge >= 0.3 is 5.97 Å². The second-order valence-corrected chi connectivity index (χ2v) is 8.02. The molecule has 0 aromatic carbocycles. The maximum absolute atomic E-state index is 12.5. The molecule has 30 heavy (non-hydrogen) atoms. The van der Waals surface area contributed by atoms with Gasteiger partial charge in [0, 0.05) is 24.9 Å². The second-order valence-electron chi connectivity index (χ2n) is 7.03. The molecule has 1 aliphatic rings. The van der Waals surface area contributed by atoms with Crippen LogP contribution in [0.3, 0.4) is 0 Å². The Hall–Kier alpha value is -2.60. The van der Waals surface area contributed by atoms with Crippen LogP contribution in [0.15, 0.2) is 12.5 Å². The van der Waals surface area contributed by atoms with Crippen LogP contribution in [0, 0.1) is 0 Å². The molecule has 6 N–H and O–H groups in total. The van der Waals surface area contributed by atoms with Gasteiger partial charge in [0.2, 0.25) is 17.7 Å². The van der Waals surface area contributed by atoms with Gasteiger partial charge in [0.15, 0.2) is 0 Å². The van der Waals surface area contributed by atoms with E-state index in [-0.39, 0.29) is 18.9 Å². The highest BCUT2D eigenvalue weighted by atomic mass is 32.2. The number of hydrogen-bond donors (Lipinski definition) is 5. The van der Waals surface area contributed by atoms with Crippen LogP contribution in [0.4, 0.5) is 0 Å². The van der Waals surface area contributed by atoms with Gasteiger partial charge in [0.25, 0.3) is 0 Å². The van der Waals surface area contributed by atoms with Gasteiger partial charge in [-0.15, -0.1) is 0 Å². The highest BCUT2D eigenvalue weighted by Gasteiger charge is 2.36. The molecule has 1 fully saturated rings. The van der Waals surface area contributed by atoms with Crippen molar-refractivity contribution in [2.45, 2.75) is 43.8 Å². The molecule has 1 aromatic heterocycles. The fourth-order valence-corrected chi connectivity index (χ4v) is 3.72. The van der Waals surface area contributed by atoms with E-state index in [1.165, 1.54) is 17.4 Å². The summed E-state index contributed by atoms with van der Waals surface area (Å²) in [4.78, 5) is 56.6. The van der Waals surface area contributed by atoms with Gasteiger partial charge in [-0.25, -0.2) is 9.78 Å². The summed E-state index contributed by atoms with van der Waals surface area (Å²) in [5.74, 6) is -1.80. The van der Waals surface area contributed by atoms with Gasteiger partial charge in [0.1, 0.15) is 12.1 Å². The number of carboxylic acid groups (broad SMARTS) is 1. The number of imidazole rings is 1. The van der Waals surface area contributed by atoms with Crippen LogP contribution in [0.1, 0.15) is 25.0 Å². The quantitative estimate of drug-likeness (QED) is 0.283. The molecule has 2 heterocycles. The van der Waals surface area contributed by atoms with Gasteiger partial charge in [0.05, 0.1) is 18.9 Å². The zero-order valence-electron chi connectivity index (χ0n) is 16.8. The number of nitrogens with zero attached hydrogens (tertiary/aromatic N) is 2. The first-order valence-electron chi connectivity index (χ1n) is 9.65. The molecular formula is C18H28N6O5S. The largest absolute Gasteiger partial charge is 0.480 e. The Morgan fingerprint density at radius 1 is 1.43 bits per heavy atom. The third kappa shape index (κ3) is 6.73. The van der Waals surface area contributed by atoms with Crippen LogP contribution >= 0.6 is 11.8 Å². The van der Waals surface area contributed by atoms with Crippen LogP contribution in [0.5, 0.6) is 0 Å². The fourth-order valence-electron chi connectivity index (χ4n) is 3.23. The number of nitrogens with two attached hydrogens (primary N) is 1. The fraction of sp³-hybridized carbons (Fsp3) is 0.611. The molecule has 3 atom stereocenters. The Kier molecular flexibility index (Phi) is 9.12. The standard InChI is InChI=1S/C18H28N6O5S/c1-30-6-4-12(19)17(27)24-5-2-3-14(24)16(26)21-9-15(25)23-13(18(28)29)7-11-8-20-10-22-11/h8,10,12-14H,2-7,9,19H2,1H3,(H,20,22)(H,21,26)(H,23,25)(H,28,29). The van der Waals surface area contributed by atoms with E-state index in [2.05, 4.69) is 20.6 Å². The maximum Gasteiger partial charge on any atom is 0.326 e.